The molecule has 1 aromatic rings. The van der Waals surface area contributed by atoms with Crippen LogP contribution in [0.15, 0.2) is 23.1 Å². The maximum atomic E-state index is 12.1. The van der Waals surface area contributed by atoms with E-state index < -0.39 is 22.0 Å². The molecule has 0 saturated heterocycles. The van der Waals surface area contributed by atoms with Crippen LogP contribution in [0.2, 0.25) is 0 Å². The van der Waals surface area contributed by atoms with Crippen molar-refractivity contribution < 1.29 is 27.8 Å². The molecule has 1 aliphatic rings. The number of aliphatic carboxylic acids is 1. The maximum Gasteiger partial charge on any atom is 0.321 e. The van der Waals surface area contributed by atoms with Crippen LogP contribution in [0.4, 0.5) is 0 Å². The van der Waals surface area contributed by atoms with Gasteiger partial charge in [-0.25, -0.2) is 8.42 Å². The van der Waals surface area contributed by atoms with Crippen LogP contribution in [0.25, 0.3) is 0 Å². The summed E-state index contributed by atoms with van der Waals surface area (Å²) in [6.45, 7) is 2.34. The van der Waals surface area contributed by atoms with Gasteiger partial charge in [-0.15, -0.1) is 0 Å². The van der Waals surface area contributed by atoms with E-state index in [1.54, 1.807) is 6.92 Å². The molecule has 8 heteroatoms. The highest BCUT2D eigenvalue weighted by Crippen LogP contribution is 2.32. The van der Waals surface area contributed by atoms with Gasteiger partial charge in [-0.1, -0.05) is 6.92 Å². The highest BCUT2D eigenvalue weighted by Gasteiger charge is 2.25. The van der Waals surface area contributed by atoms with Crippen LogP contribution in [0.5, 0.6) is 11.5 Å². The van der Waals surface area contributed by atoms with E-state index in [4.69, 9.17) is 14.6 Å². The minimum absolute atomic E-state index is 0.0542. The number of hydrogen-bond acceptors (Lipinski definition) is 5. The van der Waals surface area contributed by atoms with Crippen molar-refractivity contribution in [1.82, 2.24) is 4.72 Å². The zero-order valence-corrected chi connectivity index (χ0v) is 11.6. The molecule has 1 aromatic carbocycles. The van der Waals surface area contributed by atoms with Crippen molar-refractivity contribution in [3.8, 4) is 11.5 Å². The standard InChI is InChI=1S/C12H15NO6S/c1-2-9(12(14)15)13-20(16,17)8-3-4-10-11(7-8)19-6-5-18-10/h3-4,7,9,13H,2,5-6H2,1H3,(H,14,15). The zero-order chi connectivity index (χ0) is 14.8. The largest absolute Gasteiger partial charge is 0.486 e. The predicted octanol–water partition coefficient (Wildman–Crippen LogP) is 0.599. The van der Waals surface area contributed by atoms with Crippen LogP contribution in [0.1, 0.15) is 13.3 Å². The minimum atomic E-state index is -3.92. The predicted molar refractivity (Wildman–Crippen MR) is 69.5 cm³/mol. The Bertz CT molecular complexity index is 612. The molecule has 0 spiro atoms. The Hall–Kier alpha value is -1.80. The Kier molecular flexibility index (Phi) is 4.15. The van der Waals surface area contributed by atoms with Crippen molar-refractivity contribution in [2.75, 3.05) is 13.2 Å². The lowest BCUT2D eigenvalue weighted by Gasteiger charge is -2.19. The number of rotatable bonds is 5. The van der Waals surface area contributed by atoms with Crippen LogP contribution < -0.4 is 14.2 Å². The number of carboxylic acids is 1. The Morgan fingerprint density at radius 1 is 1.35 bits per heavy atom. The van der Waals surface area contributed by atoms with E-state index in [-0.39, 0.29) is 11.3 Å². The monoisotopic (exact) mass is 301 g/mol. The van der Waals surface area contributed by atoms with Crippen molar-refractivity contribution in [2.24, 2.45) is 0 Å². The van der Waals surface area contributed by atoms with Gasteiger partial charge in [0, 0.05) is 6.07 Å². The first-order valence-corrected chi connectivity index (χ1v) is 7.57. The van der Waals surface area contributed by atoms with Crippen LogP contribution in [0.3, 0.4) is 0 Å². The molecule has 1 unspecified atom stereocenters. The highest BCUT2D eigenvalue weighted by molar-refractivity contribution is 7.89. The summed E-state index contributed by atoms with van der Waals surface area (Å²) in [6.07, 6.45) is 0.152. The Morgan fingerprint density at radius 3 is 2.60 bits per heavy atom. The fraction of sp³-hybridized carbons (Fsp3) is 0.417. The molecule has 0 saturated carbocycles. The van der Waals surface area contributed by atoms with Crippen molar-refractivity contribution in [1.29, 1.82) is 0 Å². The van der Waals surface area contributed by atoms with Crippen LogP contribution >= 0.6 is 0 Å². The number of nitrogens with one attached hydrogen (secondary N) is 1. The molecule has 1 atom stereocenters. The molecule has 0 fully saturated rings. The molecular weight excluding hydrogens is 286 g/mol. The molecule has 1 aliphatic heterocycles. The summed E-state index contributed by atoms with van der Waals surface area (Å²) in [4.78, 5) is 10.8. The first-order chi connectivity index (χ1) is 9.44. The molecule has 2 rings (SSSR count). The number of ether oxygens (including phenoxy) is 2. The molecule has 20 heavy (non-hydrogen) atoms. The SMILES string of the molecule is CCC(NS(=O)(=O)c1ccc2c(c1)OCCO2)C(=O)O. The van der Waals surface area contributed by atoms with Gasteiger partial charge in [0.15, 0.2) is 11.5 Å². The maximum absolute atomic E-state index is 12.1. The van der Waals surface area contributed by atoms with Crippen molar-refractivity contribution in [3.63, 3.8) is 0 Å². The van der Waals surface area contributed by atoms with E-state index in [0.717, 1.165) is 0 Å². The van der Waals surface area contributed by atoms with Crippen LogP contribution in [0, 0.1) is 0 Å². The van der Waals surface area contributed by atoms with Crippen LogP contribution in [-0.2, 0) is 14.8 Å². The Balaban J connectivity index is 2.27. The lowest BCUT2D eigenvalue weighted by Crippen LogP contribution is -2.40. The van der Waals surface area contributed by atoms with Gasteiger partial charge in [0.2, 0.25) is 10.0 Å². The number of carboxylic acid groups (broad SMARTS) is 1. The minimum Gasteiger partial charge on any atom is -0.486 e. The van der Waals surface area contributed by atoms with Crippen molar-refractivity contribution in [3.05, 3.63) is 18.2 Å². The summed E-state index contributed by atoms with van der Waals surface area (Å²) in [7, 11) is -3.92. The second-order valence-electron chi connectivity index (χ2n) is 4.23. The molecule has 2 N–H and O–H groups in total. The second kappa shape index (κ2) is 5.68. The molecule has 0 bridgehead atoms. The lowest BCUT2D eigenvalue weighted by molar-refractivity contribution is -0.139. The summed E-state index contributed by atoms with van der Waals surface area (Å²) >= 11 is 0. The third-order valence-corrected chi connectivity index (χ3v) is 4.30. The fourth-order valence-electron chi connectivity index (χ4n) is 1.75. The average Bonchev–Trinajstić information content (AvgIpc) is 2.44. The van der Waals surface area contributed by atoms with Crippen molar-refractivity contribution in [2.45, 2.75) is 24.3 Å². The molecule has 7 nitrogen and oxygen atoms in total. The highest BCUT2D eigenvalue weighted by atomic mass is 32.2. The molecule has 0 radical (unpaired) electrons. The Morgan fingerprint density at radius 2 is 2.00 bits per heavy atom. The van der Waals surface area contributed by atoms with Gasteiger partial charge in [0.1, 0.15) is 19.3 Å². The summed E-state index contributed by atoms with van der Waals surface area (Å²) in [5.41, 5.74) is 0. The molecule has 0 aliphatic carbocycles. The number of carbonyl (C=O) groups is 1. The van der Waals surface area contributed by atoms with E-state index in [1.807, 2.05) is 0 Å². The first-order valence-electron chi connectivity index (χ1n) is 6.09. The van der Waals surface area contributed by atoms with Crippen LogP contribution in [-0.4, -0.2) is 38.7 Å². The molecule has 0 aromatic heterocycles. The van der Waals surface area contributed by atoms with Crippen molar-refractivity contribution >= 4 is 16.0 Å². The van der Waals surface area contributed by atoms with Gasteiger partial charge >= 0.3 is 5.97 Å². The number of sulfonamides is 1. The van der Waals surface area contributed by atoms with Gasteiger partial charge in [-0.3, -0.25) is 4.79 Å². The summed E-state index contributed by atoms with van der Waals surface area (Å²) in [6, 6.07) is 3.01. The summed E-state index contributed by atoms with van der Waals surface area (Å²) in [5.74, 6) is -0.406. The van der Waals surface area contributed by atoms with Gasteiger partial charge < -0.3 is 14.6 Å². The molecule has 1 heterocycles. The van der Waals surface area contributed by atoms with E-state index in [0.29, 0.717) is 24.7 Å². The zero-order valence-electron chi connectivity index (χ0n) is 10.8. The van der Waals surface area contributed by atoms with E-state index in [1.165, 1.54) is 18.2 Å². The smallest absolute Gasteiger partial charge is 0.321 e. The topological polar surface area (TPSA) is 102 Å². The van der Waals surface area contributed by atoms with Gasteiger partial charge in [0.05, 0.1) is 4.90 Å². The van der Waals surface area contributed by atoms with Gasteiger partial charge in [-0.2, -0.15) is 4.72 Å². The molecular formula is C12H15NO6S. The average molecular weight is 301 g/mol. The third kappa shape index (κ3) is 3.02. The quantitative estimate of drug-likeness (QED) is 0.825. The van der Waals surface area contributed by atoms with E-state index in [2.05, 4.69) is 4.72 Å². The van der Waals surface area contributed by atoms with E-state index >= 15 is 0 Å². The molecule has 110 valence electrons. The summed E-state index contributed by atoms with van der Waals surface area (Å²) in [5, 5.41) is 8.90. The number of benzene rings is 1. The second-order valence-corrected chi connectivity index (χ2v) is 5.94. The van der Waals surface area contributed by atoms with Gasteiger partial charge in [-0.05, 0) is 18.6 Å². The normalized spacial score (nSPS) is 15.7. The first kappa shape index (κ1) is 14.6. The number of fused-ring (bicyclic) bond motifs is 1. The lowest BCUT2D eigenvalue weighted by atomic mass is 10.2. The van der Waals surface area contributed by atoms with E-state index in [9.17, 15) is 13.2 Å². The molecule has 0 amide bonds. The summed E-state index contributed by atoms with van der Waals surface area (Å²) < 4.78 is 37.0. The van der Waals surface area contributed by atoms with Gasteiger partial charge in [0.25, 0.3) is 0 Å². The Labute approximate surface area is 116 Å². The third-order valence-electron chi connectivity index (χ3n) is 2.83. The fourth-order valence-corrected chi connectivity index (χ4v) is 3.04. The number of hydrogen-bond donors (Lipinski definition) is 2.